The molecule has 3 rings (SSSR count). The van der Waals surface area contributed by atoms with E-state index in [1.165, 1.54) is 0 Å². The number of nitrogens with zero attached hydrogens (tertiary/aromatic N) is 2. The van der Waals surface area contributed by atoms with Gasteiger partial charge in [-0.1, -0.05) is 30.3 Å². The molecule has 0 aliphatic rings. The van der Waals surface area contributed by atoms with E-state index in [1.807, 2.05) is 54.6 Å². The van der Waals surface area contributed by atoms with Crippen molar-refractivity contribution in [1.82, 2.24) is 9.38 Å². The molecule has 0 aliphatic carbocycles. The van der Waals surface area contributed by atoms with Crippen LogP contribution in [0.25, 0.3) is 5.65 Å². The SMILES string of the molecule is CC(=O)c1ccc(OCc2ccccc2)n2c(C)c(C)nc12. The lowest BCUT2D eigenvalue weighted by atomic mass is 10.2. The summed E-state index contributed by atoms with van der Waals surface area (Å²) in [6.45, 7) is 5.95. The van der Waals surface area contributed by atoms with Crippen LogP contribution in [0.3, 0.4) is 0 Å². The van der Waals surface area contributed by atoms with Gasteiger partial charge in [-0.2, -0.15) is 0 Å². The van der Waals surface area contributed by atoms with E-state index in [2.05, 4.69) is 4.98 Å². The summed E-state index contributed by atoms with van der Waals surface area (Å²) in [6, 6.07) is 13.6. The van der Waals surface area contributed by atoms with Crippen LogP contribution in [-0.4, -0.2) is 15.2 Å². The minimum Gasteiger partial charge on any atom is -0.474 e. The maximum Gasteiger partial charge on any atom is 0.199 e. The third-order valence-electron chi connectivity index (χ3n) is 3.81. The largest absolute Gasteiger partial charge is 0.474 e. The minimum atomic E-state index is 0.00427. The van der Waals surface area contributed by atoms with E-state index in [4.69, 9.17) is 4.74 Å². The molecule has 22 heavy (non-hydrogen) atoms. The van der Waals surface area contributed by atoms with E-state index < -0.39 is 0 Å². The van der Waals surface area contributed by atoms with Gasteiger partial charge in [0.15, 0.2) is 17.3 Å². The van der Waals surface area contributed by atoms with Crippen LogP contribution >= 0.6 is 0 Å². The summed E-state index contributed by atoms with van der Waals surface area (Å²) in [5.41, 5.74) is 4.26. The summed E-state index contributed by atoms with van der Waals surface area (Å²) in [6.07, 6.45) is 0. The minimum absolute atomic E-state index is 0.00427. The molecule has 0 fully saturated rings. The molecule has 0 saturated carbocycles. The first-order chi connectivity index (χ1) is 10.6. The quantitative estimate of drug-likeness (QED) is 0.689. The van der Waals surface area contributed by atoms with E-state index in [0.29, 0.717) is 23.7 Å². The summed E-state index contributed by atoms with van der Waals surface area (Å²) >= 11 is 0. The summed E-state index contributed by atoms with van der Waals surface area (Å²) < 4.78 is 7.86. The highest BCUT2D eigenvalue weighted by molar-refractivity contribution is 6.00. The molecule has 0 saturated heterocycles. The van der Waals surface area contributed by atoms with E-state index in [9.17, 15) is 4.79 Å². The maximum absolute atomic E-state index is 11.8. The Morgan fingerprint density at radius 3 is 2.55 bits per heavy atom. The fourth-order valence-corrected chi connectivity index (χ4v) is 2.48. The summed E-state index contributed by atoms with van der Waals surface area (Å²) in [7, 11) is 0. The second kappa shape index (κ2) is 5.64. The Labute approximate surface area is 129 Å². The lowest BCUT2D eigenvalue weighted by Gasteiger charge is -2.11. The van der Waals surface area contributed by atoms with Crippen LogP contribution in [0, 0.1) is 13.8 Å². The zero-order valence-corrected chi connectivity index (χ0v) is 13.0. The van der Waals surface area contributed by atoms with Gasteiger partial charge in [0.2, 0.25) is 0 Å². The Kier molecular flexibility index (Phi) is 3.67. The molecule has 2 aromatic heterocycles. The molecule has 0 radical (unpaired) electrons. The molecule has 0 unspecified atom stereocenters. The van der Waals surface area contributed by atoms with Crippen LogP contribution in [0.2, 0.25) is 0 Å². The van der Waals surface area contributed by atoms with Crippen LogP contribution in [0.1, 0.15) is 34.2 Å². The van der Waals surface area contributed by atoms with Gasteiger partial charge in [-0.25, -0.2) is 4.98 Å². The van der Waals surface area contributed by atoms with Gasteiger partial charge >= 0.3 is 0 Å². The number of fused-ring (bicyclic) bond motifs is 1. The number of hydrogen-bond donors (Lipinski definition) is 0. The average Bonchev–Trinajstić information content (AvgIpc) is 2.81. The van der Waals surface area contributed by atoms with E-state index in [1.54, 1.807) is 13.0 Å². The molecule has 112 valence electrons. The monoisotopic (exact) mass is 294 g/mol. The maximum atomic E-state index is 11.8. The summed E-state index contributed by atoms with van der Waals surface area (Å²) in [5.74, 6) is 0.701. The molecule has 0 atom stereocenters. The number of rotatable bonds is 4. The van der Waals surface area contributed by atoms with E-state index >= 15 is 0 Å². The molecule has 2 heterocycles. The Bertz CT molecular complexity index is 835. The molecule has 0 N–H and O–H groups in total. The Morgan fingerprint density at radius 1 is 1.14 bits per heavy atom. The number of carbonyl (C=O) groups is 1. The fourth-order valence-electron chi connectivity index (χ4n) is 2.48. The number of hydrogen-bond acceptors (Lipinski definition) is 3. The second-order valence-corrected chi connectivity index (χ2v) is 5.36. The topological polar surface area (TPSA) is 43.6 Å². The van der Waals surface area contributed by atoms with E-state index in [-0.39, 0.29) is 5.78 Å². The summed E-state index contributed by atoms with van der Waals surface area (Å²) in [5, 5.41) is 0. The van der Waals surface area contributed by atoms with Crippen molar-refractivity contribution in [3.63, 3.8) is 0 Å². The first kappa shape index (κ1) is 14.3. The van der Waals surface area contributed by atoms with Gasteiger partial charge in [0.05, 0.1) is 11.3 Å². The van der Waals surface area contributed by atoms with Crippen LogP contribution in [0.15, 0.2) is 42.5 Å². The number of benzene rings is 1. The molecule has 0 spiro atoms. The Balaban J connectivity index is 2.03. The number of ketones is 1. The zero-order valence-electron chi connectivity index (χ0n) is 13.0. The predicted octanol–water partition coefficient (Wildman–Crippen LogP) is 3.73. The standard InChI is InChI=1S/C18H18N2O2/c1-12-13(2)20-17(22-11-15-7-5-4-6-8-15)10-9-16(14(3)21)18(20)19-12/h4-10H,11H2,1-3H3. The van der Waals surface area contributed by atoms with Gasteiger partial charge < -0.3 is 4.74 Å². The zero-order chi connectivity index (χ0) is 15.7. The molecule has 3 aromatic rings. The van der Waals surface area contributed by atoms with Crippen molar-refractivity contribution in [2.45, 2.75) is 27.4 Å². The molecule has 4 heteroatoms. The number of carbonyl (C=O) groups excluding carboxylic acids is 1. The normalized spacial score (nSPS) is 10.9. The first-order valence-corrected chi connectivity index (χ1v) is 7.24. The highest BCUT2D eigenvalue weighted by atomic mass is 16.5. The summed E-state index contributed by atoms with van der Waals surface area (Å²) in [4.78, 5) is 16.3. The molecular weight excluding hydrogens is 276 g/mol. The molecule has 0 aliphatic heterocycles. The number of aryl methyl sites for hydroxylation is 2. The van der Waals surface area contributed by atoms with Crippen molar-refractivity contribution in [3.8, 4) is 5.88 Å². The molecule has 4 nitrogen and oxygen atoms in total. The van der Waals surface area contributed by atoms with Crippen LogP contribution in [0.5, 0.6) is 5.88 Å². The predicted molar refractivity (Wildman–Crippen MR) is 85.4 cm³/mol. The van der Waals surface area contributed by atoms with Gasteiger partial charge in [-0.15, -0.1) is 0 Å². The van der Waals surface area contributed by atoms with Gasteiger partial charge in [0, 0.05) is 5.69 Å². The number of pyridine rings is 1. The third kappa shape index (κ3) is 2.48. The van der Waals surface area contributed by atoms with Crippen molar-refractivity contribution < 1.29 is 9.53 Å². The van der Waals surface area contributed by atoms with Gasteiger partial charge in [0.1, 0.15) is 6.61 Å². The Morgan fingerprint density at radius 2 is 1.86 bits per heavy atom. The van der Waals surface area contributed by atoms with Crippen molar-refractivity contribution in [2.75, 3.05) is 0 Å². The van der Waals surface area contributed by atoms with Crippen molar-refractivity contribution in [3.05, 3.63) is 65.0 Å². The van der Waals surface area contributed by atoms with Crippen LogP contribution in [0.4, 0.5) is 0 Å². The van der Waals surface area contributed by atoms with Crippen LogP contribution < -0.4 is 4.74 Å². The second-order valence-electron chi connectivity index (χ2n) is 5.36. The number of imidazole rings is 1. The number of ether oxygens (including phenoxy) is 1. The van der Waals surface area contributed by atoms with Gasteiger partial charge in [0.25, 0.3) is 0 Å². The molecule has 0 bridgehead atoms. The van der Waals surface area contributed by atoms with Crippen molar-refractivity contribution in [2.24, 2.45) is 0 Å². The Hall–Kier alpha value is -2.62. The van der Waals surface area contributed by atoms with E-state index in [0.717, 1.165) is 17.0 Å². The van der Waals surface area contributed by atoms with Crippen molar-refractivity contribution >= 4 is 11.4 Å². The van der Waals surface area contributed by atoms with Crippen LogP contribution in [-0.2, 0) is 6.61 Å². The molecule has 1 aromatic carbocycles. The van der Waals surface area contributed by atoms with Crippen molar-refractivity contribution in [1.29, 1.82) is 0 Å². The number of aromatic nitrogens is 2. The molecule has 0 amide bonds. The smallest absolute Gasteiger partial charge is 0.199 e. The number of Topliss-reactive ketones (excluding diaryl/α,β-unsaturated/α-hetero) is 1. The first-order valence-electron chi connectivity index (χ1n) is 7.24. The lowest BCUT2D eigenvalue weighted by molar-refractivity contribution is 0.101. The lowest BCUT2D eigenvalue weighted by Crippen LogP contribution is -2.04. The van der Waals surface area contributed by atoms with Gasteiger partial charge in [-0.3, -0.25) is 9.20 Å². The highest BCUT2D eigenvalue weighted by Gasteiger charge is 2.15. The third-order valence-corrected chi connectivity index (χ3v) is 3.81. The highest BCUT2D eigenvalue weighted by Crippen LogP contribution is 2.24. The average molecular weight is 294 g/mol. The van der Waals surface area contributed by atoms with Gasteiger partial charge in [-0.05, 0) is 38.5 Å². The fraction of sp³-hybridized carbons (Fsp3) is 0.222. The molecular formula is C18H18N2O2.